The summed E-state index contributed by atoms with van der Waals surface area (Å²) < 4.78 is 1.27. The molecule has 0 aliphatic carbocycles. The van der Waals surface area contributed by atoms with Crippen LogP contribution in [0.4, 0.5) is 0 Å². The first-order valence-electron chi connectivity index (χ1n) is 8.70. The molecular weight excluding hydrogens is 270 g/mol. The summed E-state index contributed by atoms with van der Waals surface area (Å²) in [6.45, 7) is 12.4. The van der Waals surface area contributed by atoms with Crippen molar-refractivity contribution in [1.82, 2.24) is 0 Å². The van der Waals surface area contributed by atoms with Crippen molar-refractivity contribution >= 4 is 0 Å². The van der Waals surface area contributed by atoms with Gasteiger partial charge in [-0.2, -0.15) is 0 Å². The number of rotatable bonds is 14. The number of hydrogen-bond donors (Lipinski definition) is 1. The van der Waals surface area contributed by atoms with Crippen molar-refractivity contribution in [3.63, 3.8) is 0 Å². The van der Waals surface area contributed by atoms with Gasteiger partial charge in [0.05, 0.1) is 26.2 Å². The van der Waals surface area contributed by atoms with Crippen LogP contribution >= 0.6 is 0 Å². The van der Waals surface area contributed by atoms with Gasteiger partial charge in [0.25, 0.3) is 0 Å². The zero-order chi connectivity index (χ0) is 14.4. The smallest absolute Gasteiger partial charge is 0.0808 e. The third kappa shape index (κ3) is 10.9. The van der Waals surface area contributed by atoms with Gasteiger partial charge in [-0.3, -0.25) is 0 Å². The summed E-state index contributed by atoms with van der Waals surface area (Å²) in [6, 6.07) is 0. The molecule has 0 fully saturated rings. The molecule has 0 saturated heterocycles. The summed E-state index contributed by atoms with van der Waals surface area (Å²) in [5.41, 5.74) is 0. The zero-order valence-electron chi connectivity index (χ0n) is 14.2. The summed E-state index contributed by atoms with van der Waals surface area (Å²) in [5, 5.41) is 9.19. The number of quaternary nitrogens is 1. The van der Waals surface area contributed by atoms with Crippen LogP contribution in [0.3, 0.4) is 0 Å². The van der Waals surface area contributed by atoms with E-state index in [1.54, 1.807) is 0 Å². The number of aliphatic hydroxyl groups excluding tert-OH is 1. The molecule has 0 aliphatic rings. The van der Waals surface area contributed by atoms with E-state index in [2.05, 4.69) is 20.8 Å². The van der Waals surface area contributed by atoms with E-state index < -0.39 is 0 Å². The third-order valence-corrected chi connectivity index (χ3v) is 4.25. The van der Waals surface area contributed by atoms with Crippen molar-refractivity contribution < 1.29 is 22.0 Å². The minimum atomic E-state index is 0. The van der Waals surface area contributed by atoms with Crippen LogP contribution in [0.2, 0.25) is 0 Å². The predicted molar refractivity (Wildman–Crippen MR) is 85.4 cm³/mol. The topological polar surface area (TPSA) is 20.2 Å². The average molecular weight is 308 g/mol. The van der Waals surface area contributed by atoms with Crippen LogP contribution in [0.1, 0.15) is 78.6 Å². The van der Waals surface area contributed by atoms with Gasteiger partial charge in [-0.25, -0.2) is 0 Å². The molecule has 20 heavy (non-hydrogen) atoms. The van der Waals surface area contributed by atoms with Crippen molar-refractivity contribution in [3.8, 4) is 0 Å². The number of aliphatic hydroxyl groups is 1. The van der Waals surface area contributed by atoms with E-state index in [0.29, 0.717) is 6.61 Å². The van der Waals surface area contributed by atoms with Crippen molar-refractivity contribution in [3.05, 3.63) is 0 Å². The molecule has 0 aromatic heterocycles. The molecule has 0 aromatic rings. The van der Waals surface area contributed by atoms with Crippen molar-refractivity contribution in [2.24, 2.45) is 0 Å². The van der Waals surface area contributed by atoms with Crippen LogP contribution in [0, 0.1) is 0 Å². The van der Waals surface area contributed by atoms with Crippen molar-refractivity contribution in [2.75, 3.05) is 32.8 Å². The summed E-state index contributed by atoms with van der Waals surface area (Å²) in [4.78, 5) is 0. The Morgan fingerprint density at radius 2 is 1.00 bits per heavy atom. The van der Waals surface area contributed by atoms with E-state index >= 15 is 0 Å². The summed E-state index contributed by atoms with van der Waals surface area (Å²) in [5.74, 6) is 0. The highest BCUT2D eigenvalue weighted by Crippen LogP contribution is 2.16. The van der Waals surface area contributed by atoms with Crippen LogP contribution < -0.4 is 12.4 Å². The van der Waals surface area contributed by atoms with Gasteiger partial charge < -0.3 is 22.0 Å². The van der Waals surface area contributed by atoms with Gasteiger partial charge in [0.1, 0.15) is 0 Å². The van der Waals surface area contributed by atoms with E-state index in [0.717, 1.165) is 6.42 Å². The third-order valence-electron chi connectivity index (χ3n) is 4.25. The standard InChI is InChI=1S/C17H38NO.ClH/c1-4-7-10-14-18(13-9-6-3,16-12-17-19)15-11-8-5-2;/h19H,4-17H2,1-3H3;1H/q+1;/p-1. The molecule has 0 spiro atoms. The Bertz CT molecular complexity index is 168. The molecule has 3 heteroatoms. The summed E-state index contributed by atoms with van der Waals surface area (Å²) in [6.07, 6.45) is 11.7. The molecule has 0 amide bonds. The number of unbranched alkanes of at least 4 members (excludes halogenated alkanes) is 5. The molecule has 0 aliphatic heterocycles. The van der Waals surface area contributed by atoms with Crippen LogP contribution in [-0.4, -0.2) is 42.4 Å². The second-order valence-electron chi connectivity index (χ2n) is 6.08. The fraction of sp³-hybridized carbons (Fsp3) is 1.00. The highest BCUT2D eigenvalue weighted by molar-refractivity contribution is 4.50. The molecule has 0 aromatic carbocycles. The molecule has 0 unspecified atom stereocenters. The fourth-order valence-corrected chi connectivity index (χ4v) is 2.96. The van der Waals surface area contributed by atoms with Crippen LogP contribution in [0.15, 0.2) is 0 Å². The van der Waals surface area contributed by atoms with Gasteiger partial charge in [0.15, 0.2) is 0 Å². The maximum absolute atomic E-state index is 9.19. The molecule has 0 atom stereocenters. The van der Waals surface area contributed by atoms with Crippen LogP contribution in [0.25, 0.3) is 0 Å². The minimum Gasteiger partial charge on any atom is -1.00 e. The predicted octanol–water partition coefficient (Wildman–Crippen LogP) is 1.37. The summed E-state index contributed by atoms with van der Waals surface area (Å²) in [7, 11) is 0. The largest absolute Gasteiger partial charge is 1.00 e. The summed E-state index contributed by atoms with van der Waals surface area (Å²) >= 11 is 0. The number of halogens is 1. The monoisotopic (exact) mass is 307 g/mol. The Morgan fingerprint density at radius 1 is 0.600 bits per heavy atom. The zero-order valence-corrected chi connectivity index (χ0v) is 14.9. The maximum Gasteiger partial charge on any atom is 0.0808 e. The minimum absolute atomic E-state index is 0. The first-order valence-corrected chi connectivity index (χ1v) is 8.70. The van der Waals surface area contributed by atoms with E-state index in [-0.39, 0.29) is 12.4 Å². The Hall–Kier alpha value is 0.210. The van der Waals surface area contributed by atoms with Crippen molar-refractivity contribution in [2.45, 2.75) is 78.6 Å². The lowest BCUT2D eigenvalue weighted by Crippen LogP contribution is -3.00. The lowest BCUT2D eigenvalue weighted by atomic mass is 10.1. The fourth-order valence-electron chi connectivity index (χ4n) is 2.96. The van der Waals surface area contributed by atoms with E-state index in [1.807, 2.05) is 0 Å². The molecule has 0 rings (SSSR count). The van der Waals surface area contributed by atoms with Gasteiger partial charge in [-0.1, -0.05) is 40.0 Å². The van der Waals surface area contributed by atoms with Gasteiger partial charge in [0, 0.05) is 13.0 Å². The number of hydrogen-bond acceptors (Lipinski definition) is 1. The molecule has 2 nitrogen and oxygen atoms in total. The molecule has 0 bridgehead atoms. The second kappa shape index (κ2) is 15.6. The van der Waals surface area contributed by atoms with E-state index in [4.69, 9.17) is 0 Å². The first-order chi connectivity index (χ1) is 9.24. The average Bonchev–Trinajstić information content (AvgIpc) is 2.43. The highest BCUT2D eigenvalue weighted by Gasteiger charge is 2.25. The van der Waals surface area contributed by atoms with Gasteiger partial charge >= 0.3 is 0 Å². The second-order valence-corrected chi connectivity index (χ2v) is 6.08. The first kappa shape index (κ1) is 22.5. The molecule has 0 saturated carbocycles. The highest BCUT2D eigenvalue weighted by atomic mass is 35.5. The Morgan fingerprint density at radius 3 is 1.40 bits per heavy atom. The van der Waals surface area contributed by atoms with Crippen LogP contribution in [-0.2, 0) is 0 Å². The molecule has 1 N–H and O–H groups in total. The van der Waals surface area contributed by atoms with E-state index in [9.17, 15) is 5.11 Å². The quantitative estimate of drug-likeness (QED) is 0.380. The van der Waals surface area contributed by atoms with Crippen molar-refractivity contribution in [1.29, 1.82) is 0 Å². The van der Waals surface area contributed by atoms with Gasteiger partial charge in [-0.05, 0) is 32.1 Å². The molecule has 0 heterocycles. The number of nitrogens with zero attached hydrogens (tertiary/aromatic N) is 1. The Labute approximate surface area is 133 Å². The maximum atomic E-state index is 9.19. The molecular formula is C17H38ClNO. The normalized spacial score (nSPS) is 11.4. The Kier molecular flexibility index (Phi) is 17.5. The molecule has 124 valence electrons. The molecule has 0 radical (unpaired) electrons. The Balaban J connectivity index is 0. The lowest BCUT2D eigenvalue weighted by molar-refractivity contribution is -0.929. The lowest BCUT2D eigenvalue weighted by Gasteiger charge is -2.39. The van der Waals surface area contributed by atoms with E-state index in [1.165, 1.54) is 82.0 Å². The SMILES string of the molecule is CCCCC[N+](CCCC)(CCCO)CCCCC.[Cl-]. The van der Waals surface area contributed by atoms with Crippen LogP contribution in [0.5, 0.6) is 0 Å². The van der Waals surface area contributed by atoms with Gasteiger partial charge in [-0.15, -0.1) is 0 Å². The van der Waals surface area contributed by atoms with Gasteiger partial charge in [0.2, 0.25) is 0 Å².